The summed E-state index contributed by atoms with van der Waals surface area (Å²) in [6, 6.07) is 0. The summed E-state index contributed by atoms with van der Waals surface area (Å²) in [5.74, 6) is 0. The van der Waals surface area contributed by atoms with Crippen molar-refractivity contribution in [2.45, 2.75) is 0 Å². The molecular formula is H9KNO8PS2. The van der Waals surface area contributed by atoms with Crippen molar-refractivity contribution in [3.8, 4) is 0 Å². The Kier molecular flexibility index (Phi) is 26.7. The fourth-order valence-electron chi connectivity index (χ4n) is 0. The predicted molar refractivity (Wildman–Crippen MR) is 42.6 cm³/mol. The van der Waals surface area contributed by atoms with E-state index in [9.17, 15) is 0 Å². The van der Waals surface area contributed by atoms with Crippen LogP contribution in [0.4, 0.5) is 0 Å². The topological polar surface area (TPSA) is 187 Å². The standard InChI is InChI=1S/K.H3N.2H2O4S.H3P/c;;2*1-5(2,3)4;/h;1H3;2*(H2,1,2,3,4);1H3/q+1;;;;/p-1. The zero-order valence-electron chi connectivity index (χ0n) is 6.61. The minimum absolute atomic E-state index is 0. The smallest absolute Gasteiger partial charge is 0.726 e. The van der Waals surface area contributed by atoms with E-state index in [4.69, 9.17) is 35.0 Å². The quantitative estimate of drug-likeness (QED) is 0.147. The second-order valence-electron chi connectivity index (χ2n) is 0.876. The van der Waals surface area contributed by atoms with E-state index in [0.717, 1.165) is 0 Å². The molecule has 9 nitrogen and oxygen atoms in total. The third-order valence-corrected chi connectivity index (χ3v) is 0. The first-order valence-corrected chi connectivity index (χ1v) is 4.14. The molecule has 0 amide bonds. The van der Waals surface area contributed by atoms with Gasteiger partial charge in [-0.1, -0.05) is 0 Å². The largest absolute Gasteiger partial charge is 1.00 e. The van der Waals surface area contributed by atoms with Gasteiger partial charge in [0.1, 0.15) is 0 Å². The van der Waals surface area contributed by atoms with Crippen molar-refractivity contribution < 1.29 is 86.4 Å². The van der Waals surface area contributed by atoms with Gasteiger partial charge in [0, 0.05) is 0 Å². The Morgan fingerprint density at radius 3 is 0.923 bits per heavy atom. The van der Waals surface area contributed by atoms with Crippen molar-refractivity contribution in [2.75, 3.05) is 0 Å². The van der Waals surface area contributed by atoms with Crippen molar-refractivity contribution in [2.24, 2.45) is 0 Å². The van der Waals surface area contributed by atoms with Crippen LogP contribution in [-0.4, -0.2) is 35.0 Å². The summed E-state index contributed by atoms with van der Waals surface area (Å²) < 4.78 is 64.4. The first-order chi connectivity index (χ1) is 4.00. The molecule has 0 saturated heterocycles. The van der Waals surface area contributed by atoms with Gasteiger partial charge < -0.3 is 10.7 Å². The van der Waals surface area contributed by atoms with Gasteiger partial charge in [-0.05, 0) is 0 Å². The van der Waals surface area contributed by atoms with Gasteiger partial charge in [0.25, 0.3) is 0 Å². The van der Waals surface area contributed by atoms with Gasteiger partial charge in [-0.3, -0.25) is 13.7 Å². The van der Waals surface area contributed by atoms with E-state index in [1.165, 1.54) is 0 Å². The maximum Gasteiger partial charge on any atom is 1.00 e. The number of hydrogen-bond acceptors (Lipinski definition) is 6. The molecule has 0 aromatic rings. The zero-order valence-corrected chi connectivity index (χ0v) is 12.8. The van der Waals surface area contributed by atoms with E-state index >= 15 is 0 Å². The summed E-state index contributed by atoms with van der Waals surface area (Å²) in [6.45, 7) is 0. The SMILES string of the molecule is N.O=S(=O)(O)O.O=S(=O)([O-])O.P.[K+]. The first kappa shape index (κ1) is 29.3. The molecule has 0 saturated carbocycles. The van der Waals surface area contributed by atoms with Gasteiger partial charge in [-0.2, -0.15) is 18.3 Å². The molecule has 0 aromatic heterocycles. The van der Waals surface area contributed by atoms with Gasteiger partial charge in [0.05, 0.1) is 0 Å². The van der Waals surface area contributed by atoms with Gasteiger partial charge in [-0.15, -0.1) is 0 Å². The molecule has 80 valence electrons. The molecule has 0 spiro atoms. The molecule has 1 unspecified atom stereocenters. The Bertz CT molecular complexity index is 219. The minimum atomic E-state index is -4.92. The maximum atomic E-state index is 8.74. The average Bonchev–Trinajstić information content (AvgIpc) is 1.12. The number of rotatable bonds is 0. The van der Waals surface area contributed by atoms with E-state index in [2.05, 4.69) is 0 Å². The van der Waals surface area contributed by atoms with E-state index in [1.54, 1.807) is 0 Å². The Morgan fingerprint density at radius 1 is 0.923 bits per heavy atom. The summed E-state index contributed by atoms with van der Waals surface area (Å²) in [5.41, 5.74) is 0. The van der Waals surface area contributed by atoms with E-state index in [0.29, 0.717) is 0 Å². The van der Waals surface area contributed by atoms with E-state index in [-0.39, 0.29) is 67.4 Å². The molecule has 13 heavy (non-hydrogen) atoms. The number of hydrogen-bond donors (Lipinski definition) is 4. The van der Waals surface area contributed by atoms with Gasteiger partial charge >= 0.3 is 61.8 Å². The predicted octanol–water partition coefficient (Wildman–Crippen LogP) is -4.42. The van der Waals surface area contributed by atoms with Crippen molar-refractivity contribution in [3.05, 3.63) is 0 Å². The molecule has 1 atom stereocenters. The zero-order chi connectivity index (χ0) is 9.00. The maximum absolute atomic E-state index is 8.74. The van der Waals surface area contributed by atoms with Crippen molar-refractivity contribution >= 4 is 30.7 Å². The molecule has 0 aromatic carbocycles. The Hall–Kier alpha value is 1.77. The van der Waals surface area contributed by atoms with Crippen molar-refractivity contribution in [3.63, 3.8) is 0 Å². The molecule has 0 aliphatic rings. The molecule has 0 bridgehead atoms. The summed E-state index contributed by atoms with van der Waals surface area (Å²) in [4.78, 5) is 0. The van der Waals surface area contributed by atoms with Crippen LogP contribution in [0.25, 0.3) is 0 Å². The summed E-state index contributed by atoms with van der Waals surface area (Å²) in [6.07, 6.45) is 0. The van der Waals surface area contributed by atoms with Gasteiger partial charge in [0.15, 0.2) is 0 Å². The molecule has 6 N–H and O–H groups in total. The Balaban J connectivity index is -0.0000000267. The minimum Gasteiger partial charge on any atom is -0.726 e. The third kappa shape index (κ3) is 611. The van der Waals surface area contributed by atoms with Crippen LogP contribution in [0.15, 0.2) is 0 Å². The summed E-state index contributed by atoms with van der Waals surface area (Å²) >= 11 is 0. The third-order valence-electron chi connectivity index (χ3n) is 0. The van der Waals surface area contributed by atoms with Crippen molar-refractivity contribution in [1.82, 2.24) is 6.15 Å². The molecular weight excluding hydrogens is 276 g/mol. The average molecular weight is 285 g/mol. The van der Waals surface area contributed by atoms with E-state index in [1.807, 2.05) is 0 Å². The summed E-state index contributed by atoms with van der Waals surface area (Å²) in [7, 11) is -9.58. The second-order valence-corrected chi connectivity index (χ2v) is 2.63. The van der Waals surface area contributed by atoms with Crippen LogP contribution in [0.1, 0.15) is 0 Å². The molecule has 0 rings (SSSR count). The first-order valence-electron chi connectivity index (χ1n) is 1.38. The van der Waals surface area contributed by atoms with Crippen LogP contribution in [0.5, 0.6) is 0 Å². The molecule has 0 aliphatic heterocycles. The molecule has 0 heterocycles. The van der Waals surface area contributed by atoms with Gasteiger partial charge in [-0.25, -0.2) is 8.42 Å². The van der Waals surface area contributed by atoms with Crippen LogP contribution in [-0.2, 0) is 20.8 Å². The fourth-order valence-corrected chi connectivity index (χ4v) is 0. The molecule has 0 radical (unpaired) electrons. The summed E-state index contributed by atoms with van der Waals surface area (Å²) in [5, 5.41) is 0. The van der Waals surface area contributed by atoms with Crippen LogP contribution < -0.4 is 57.5 Å². The van der Waals surface area contributed by atoms with Crippen LogP contribution in [0.3, 0.4) is 0 Å². The molecule has 13 heteroatoms. The van der Waals surface area contributed by atoms with E-state index < -0.39 is 20.8 Å². The van der Waals surface area contributed by atoms with Crippen molar-refractivity contribution in [1.29, 1.82) is 0 Å². The van der Waals surface area contributed by atoms with Crippen LogP contribution >= 0.6 is 9.90 Å². The van der Waals surface area contributed by atoms with Crippen LogP contribution in [0.2, 0.25) is 0 Å². The second kappa shape index (κ2) is 11.8. The monoisotopic (exact) mass is 285 g/mol. The Morgan fingerprint density at radius 2 is 0.923 bits per heavy atom. The molecule has 0 fully saturated rings. The fraction of sp³-hybridized carbons (Fsp3) is 0. The Labute approximate surface area is 121 Å². The normalized spacial score (nSPS) is 8.92. The van der Waals surface area contributed by atoms with Gasteiger partial charge in [0.2, 0.25) is 10.4 Å². The molecule has 0 aliphatic carbocycles. The van der Waals surface area contributed by atoms with Crippen LogP contribution in [0, 0.1) is 0 Å².